The predicted octanol–water partition coefficient (Wildman–Crippen LogP) is 1.74. The Morgan fingerprint density at radius 2 is 2.29 bits per heavy atom. The lowest BCUT2D eigenvalue weighted by atomic mass is 10.1. The minimum atomic E-state index is -3.65. The zero-order chi connectivity index (χ0) is 15.5. The first-order valence-corrected chi connectivity index (χ1v) is 8.92. The maximum absolute atomic E-state index is 12.4. The van der Waals surface area contributed by atoms with E-state index < -0.39 is 10.0 Å². The van der Waals surface area contributed by atoms with Crippen LogP contribution in [0.1, 0.15) is 12.8 Å². The third kappa shape index (κ3) is 4.09. The topological polar surface area (TPSA) is 90.7 Å². The van der Waals surface area contributed by atoms with Crippen LogP contribution in [0.5, 0.6) is 5.75 Å². The van der Waals surface area contributed by atoms with Crippen molar-refractivity contribution in [2.75, 3.05) is 32.6 Å². The van der Waals surface area contributed by atoms with Gasteiger partial charge in [-0.05, 0) is 46.8 Å². The fourth-order valence-corrected chi connectivity index (χ4v) is 3.76. The van der Waals surface area contributed by atoms with Crippen molar-refractivity contribution >= 4 is 31.6 Å². The van der Waals surface area contributed by atoms with Crippen molar-refractivity contribution in [1.29, 1.82) is 0 Å². The largest absolute Gasteiger partial charge is 0.495 e. The van der Waals surface area contributed by atoms with E-state index in [1.807, 2.05) is 0 Å². The summed E-state index contributed by atoms with van der Waals surface area (Å²) in [5.74, 6) is 0.678. The first-order valence-electron chi connectivity index (χ1n) is 6.64. The average Bonchev–Trinajstić information content (AvgIpc) is 2.94. The molecule has 21 heavy (non-hydrogen) atoms. The molecule has 1 saturated heterocycles. The van der Waals surface area contributed by atoms with Crippen LogP contribution in [0.25, 0.3) is 0 Å². The van der Waals surface area contributed by atoms with Gasteiger partial charge >= 0.3 is 0 Å². The number of hydrogen-bond acceptors (Lipinski definition) is 5. The summed E-state index contributed by atoms with van der Waals surface area (Å²) in [6.45, 7) is 1.83. The highest BCUT2D eigenvalue weighted by molar-refractivity contribution is 9.10. The quantitative estimate of drug-likeness (QED) is 0.735. The number of benzene rings is 1. The predicted molar refractivity (Wildman–Crippen MR) is 83.8 cm³/mol. The molecule has 0 aromatic heterocycles. The lowest BCUT2D eigenvalue weighted by Gasteiger charge is -2.13. The highest BCUT2D eigenvalue weighted by Gasteiger charge is 2.22. The Morgan fingerprint density at radius 1 is 1.52 bits per heavy atom. The summed E-state index contributed by atoms with van der Waals surface area (Å²) in [7, 11) is -2.23. The molecule has 6 nitrogen and oxygen atoms in total. The van der Waals surface area contributed by atoms with Gasteiger partial charge in [0.15, 0.2) is 0 Å². The fraction of sp³-hybridized carbons (Fsp3) is 0.538. The van der Waals surface area contributed by atoms with Gasteiger partial charge in [0.2, 0.25) is 10.0 Å². The van der Waals surface area contributed by atoms with Gasteiger partial charge in [-0.1, -0.05) is 0 Å². The van der Waals surface area contributed by atoms with Gasteiger partial charge in [-0.2, -0.15) is 0 Å². The summed E-state index contributed by atoms with van der Waals surface area (Å²) < 4.78 is 38.3. The molecule has 1 aliphatic heterocycles. The number of nitrogens with two attached hydrogens (primary N) is 1. The van der Waals surface area contributed by atoms with Crippen molar-refractivity contribution in [3.05, 3.63) is 16.6 Å². The monoisotopic (exact) mass is 378 g/mol. The van der Waals surface area contributed by atoms with E-state index in [0.717, 1.165) is 19.4 Å². The molecule has 0 spiro atoms. The van der Waals surface area contributed by atoms with E-state index in [-0.39, 0.29) is 10.6 Å². The van der Waals surface area contributed by atoms with Crippen LogP contribution in [0.15, 0.2) is 21.5 Å². The number of nitrogens with one attached hydrogen (secondary N) is 1. The maximum atomic E-state index is 12.4. The lowest BCUT2D eigenvalue weighted by molar-refractivity contribution is 0.184. The summed E-state index contributed by atoms with van der Waals surface area (Å²) in [5, 5.41) is 0. The molecule has 8 heteroatoms. The Bertz CT molecular complexity index is 600. The molecule has 1 heterocycles. The molecule has 1 atom stereocenters. The van der Waals surface area contributed by atoms with Crippen molar-refractivity contribution in [3.8, 4) is 5.75 Å². The van der Waals surface area contributed by atoms with E-state index in [9.17, 15) is 8.42 Å². The molecular weight excluding hydrogens is 360 g/mol. The lowest BCUT2D eigenvalue weighted by Crippen LogP contribution is -2.27. The standard InChI is InChI=1S/C13H19BrN2O4S/c1-19-12-6-10(14)11(15)7-13(12)21(17,18)16-4-2-9-3-5-20-8-9/h6-7,9,16H,2-5,8,15H2,1H3. The molecule has 1 fully saturated rings. The molecule has 1 aromatic carbocycles. The number of methoxy groups -OCH3 is 1. The van der Waals surface area contributed by atoms with E-state index in [0.29, 0.717) is 29.2 Å². The van der Waals surface area contributed by atoms with Gasteiger partial charge in [-0.3, -0.25) is 0 Å². The SMILES string of the molecule is COc1cc(Br)c(N)cc1S(=O)(=O)NCCC1CCOC1. The number of rotatable bonds is 6. The summed E-state index contributed by atoms with van der Waals surface area (Å²) in [5.41, 5.74) is 6.11. The van der Waals surface area contributed by atoms with Crippen molar-refractivity contribution in [2.24, 2.45) is 5.92 Å². The Morgan fingerprint density at radius 3 is 2.90 bits per heavy atom. The molecule has 0 radical (unpaired) electrons. The van der Waals surface area contributed by atoms with Crippen LogP contribution in [-0.2, 0) is 14.8 Å². The Hall–Kier alpha value is -0.830. The van der Waals surface area contributed by atoms with Crippen LogP contribution >= 0.6 is 15.9 Å². The Kier molecular flexibility index (Phi) is 5.48. The number of halogens is 1. The van der Waals surface area contributed by atoms with Crippen molar-refractivity contribution in [1.82, 2.24) is 4.72 Å². The molecule has 1 unspecified atom stereocenters. The molecular formula is C13H19BrN2O4S. The van der Waals surface area contributed by atoms with Crippen LogP contribution in [0.3, 0.4) is 0 Å². The number of sulfonamides is 1. The smallest absolute Gasteiger partial charge is 0.244 e. The molecule has 0 amide bonds. The summed E-state index contributed by atoms with van der Waals surface area (Å²) in [6, 6.07) is 2.94. The third-order valence-electron chi connectivity index (χ3n) is 3.44. The number of anilines is 1. The van der Waals surface area contributed by atoms with Crippen molar-refractivity contribution in [2.45, 2.75) is 17.7 Å². The van der Waals surface area contributed by atoms with E-state index in [1.54, 1.807) is 6.07 Å². The van der Waals surface area contributed by atoms with Gasteiger partial charge in [0, 0.05) is 29.9 Å². The highest BCUT2D eigenvalue weighted by atomic mass is 79.9. The van der Waals surface area contributed by atoms with Gasteiger partial charge in [0.1, 0.15) is 10.6 Å². The number of ether oxygens (including phenoxy) is 2. The number of nitrogen functional groups attached to an aromatic ring is 1. The normalized spacial score (nSPS) is 18.9. The molecule has 118 valence electrons. The van der Waals surface area contributed by atoms with Gasteiger partial charge in [0.05, 0.1) is 7.11 Å². The molecule has 0 aliphatic carbocycles. The second-order valence-electron chi connectivity index (χ2n) is 4.94. The second kappa shape index (κ2) is 6.95. The molecule has 1 aliphatic rings. The Balaban J connectivity index is 2.09. The first-order chi connectivity index (χ1) is 9.94. The Labute approximate surface area is 133 Å². The molecule has 3 N–H and O–H groups in total. The first kappa shape index (κ1) is 16.5. The van der Waals surface area contributed by atoms with Crippen LogP contribution in [0.4, 0.5) is 5.69 Å². The number of hydrogen-bond donors (Lipinski definition) is 2. The average molecular weight is 379 g/mol. The third-order valence-corrected chi connectivity index (χ3v) is 5.61. The summed E-state index contributed by atoms with van der Waals surface area (Å²) >= 11 is 3.25. The minimum Gasteiger partial charge on any atom is -0.495 e. The highest BCUT2D eigenvalue weighted by Crippen LogP contribution is 2.32. The molecule has 0 saturated carbocycles. The van der Waals surface area contributed by atoms with Gasteiger partial charge in [-0.25, -0.2) is 13.1 Å². The van der Waals surface area contributed by atoms with E-state index >= 15 is 0 Å². The van der Waals surface area contributed by atoms with Crippen LogP contribution in [-0.4, -0.2) is 35.3 Å². The van der Waals surface area contributed by atoms with Crippen LogP contribution in [0.2, 0.25) is 0 Å². The van der Waals surface area contributed by atoms with Crippen LogP contribution < -0.4 is 15.2 Å². The zero-order valence-electron chi connectivity index (χ0n) is 11.8. The van der Waals surface area contributed by atoms with Gasteiger partial charge < -0.3 is 15.2 Å². The van der Waals surface area contributed by atoms with E-state index in [2.05, 4.69) is 20.7 Å². The molecule has 0 bridgehead atoms. The maximum Gasteiger partial charge on any atom is 0.244 e. The van der Waals surface area contributed by atoms with Gasteiger partial charge in [0.25, 0.3) is 0 Å². The second-order valence-corrected chi connectivity index (χ2v) is 7.53. The summed E-state index contributed by atoms with van der Waals surface area (Å²) in [4.78, 5) is 0.0494. The van der Waals surface area contributed by atoms with Crippen molar-refractivity contribution < 1.29 is 17.9 Å². The summed E-state index contributed by atoms with van der Waals surface area (Å²) in [6.07, 6.45) is 1.74. The zero-order valence-corrected chi connectivity index (χ0v) is 14.2. The van der Waals surface area contributed by atoms with Crippen molar-refractivity contribution in [3.63, 3.8) is 0 Å². The van der Waals surface area contributed by atoms with E-state index in [1.165, 1.54) is 13.2 Å². The fourth-order valence-electron chi connectivity index (χ4n) is 2.21. The van der Waals surface area contributed by atoms with E-state index in [4.69, 9.17) is 15.2 Å². The van der Waals surface area contributed by atoms with Crippen LogP contribution in [0, 0.1) is 5.92 Å². The van der Waals surface area contributed by atoms with Gasteiger partial charge in [-0.15, -0.1) is 0 Å². The minimum absolute atomic E-state index is 0.0494. The molecule has 1 aromatic rings. The molecule has 2 rings (SSSR count).